The van der Waals surface area contributed by atoms with Gasteiger partial charge in [-0.15, -0.1) is 0 Å². The standard InChI is InChI=1S/C32H40N8/c1-22-8-9-25-10-11-29-33-12-14-37(29)16-15-36(4)32-19-30(38-20-23(2)21-38)34-31-18-27(35-40(31)32)28-7-5-6-13-39(28)24(3)26(25)17-22/h8-9,12,14,17-19,23,28H,3,5-7,10-11,13,15-16,20-21H2,1-2,4H3. The number of aryl methyl sites for hydroxylation is 3. The van der Waals surface area contributed by atoms with E-state index in [1.807, 2.05) is 6.20 Å². The van der Waals surface area contributed by atoms with Crippen LogP contribution >= 0.6 is 0 Å². The number of nitrogens with zero attached hydrogens (tertiary/aromatic N) is 8. The summed E-state index contributed by atoms with van der Waals surface area (Å²) in [5.74, 6) is 3.98. The minimum absolute atomic E-state index is 0.189. The summed E-state index contributed by atoms with van der Waals surface area (Å²) in [6, 6.07) is 11.5. The number of fused-ring (bicyclic) bond motifs is 5. The molecular formula is C32H40N8. The predicted octanol–water partition coefficient (Wildman–Crippen LogP) is 5.12. The molecule has 2 saturated heterocycles. The summed E-state index contributed by atoms with van der Waals surface area (Å²) in [6.45, 7) is 14.0. The van der Waals surface area contributed by atoms with E-state index in [0.717, 1.165) is 86.5 Å². The van der Waals surface area contributed by atoms with Gasteiger partial charge in [-0.25, -0.2) is 9.97 Å². The van der Waals surface area contributed by atoms with Crippen molar-refractivity contribution in [3.63, 3.8) is 0 Å². The Hall–Kier alpha value is -3.81. The van der Waals surface area contributed by atoms with Gasteiger partial charge in [0.1, 0.15) is 17.5 Å². The molecule has 2 bridgehead atoms. The van der Waals surface area contributed by atoms with Crippen LogP contribution in [0.1, 0.15) is 60.4 Å². The minimum atomic E-state index is 0.189. The first-order chi connectivity index (χ1) is 19.4. The second kappa shape index (κ2) is 9.98. The first-order valence-corrected chi connectivity index (χ1v) is 14.9. The van der Waals surface area contributed by atoms with Crippen molar-refractivity contribution in [2.75, 3.05) is 43.0 Å². The van der Waals surface area contributed by atoms with Gasteiger partial charge in [0.15, 0.2) is 5.65 Å². The summed E-state index contributed by atoms with van der Waals surface area (Å²) in [7, 11) is 2.17. The van der Waals surface area contributed by atoms with Gasteiger partial charge in [0, 0.05) is 82.0 Å². The van der Waals surface area contributed by atoms with Crippen LogP contribution in [0.2, 0.25) is 0 Å². The summed E-state index contributed by atoms with van der Waals surface area (Å²) in [5, 5.41) is 5.25. The molecule has 40 heavy (non-hydrogen) atoms. The first kappa shape index (κ1) is 25.2. The zero-order valence-corrected chi connectivity index (χ0v) is 24.1. The number of benzene rings is 1. The fourth-order valence-corrected chi connectivity index (χ4v) is 6.73. The molecular weight excluding hydrogens is 496 g/mol. The van der Waals surface area contributed by atoms with Crippen LogP contribution in [0.4, 0.5) is 11.6 Å². The van der Waals surface area contributed by atoms with Crippen molar-refractivity contribution in [1.29, 1.82) is 0 Å². The quantitative estimate of drug-likeness (QED) is 0.337. The third-order valence-corrected chi connectivity index (χ3v) is 9.06. The van der Waals surface area contributed by atoms with Gasteiger partial charge >= 0.3 is 0 Å². The molecule has 208 valence electrons. The molecule has 6 heterocycles. The predicted molar refractivity (Wildman–Crippen MR) is 161 cm³/mol. The third kappa shape index (κ3) is 4.43. The van der Waals surface area contributed by atoms with Crippen molar-refractivity contribution in [2.45, 2.75) is 58.5 Å². The van der Waals surface area contributed by atoms with E-state index in [1.165, 1.54) is 29.5 Å². The van der Waals surface area contributed by atoms with Crippen molar-refractivity contribution in [3.05, 3.63) is 77.5 Å². The van der Waals surface area contributed by atoms with E-state index in [1.54, 1.807) is 0 Å². The molecule has 4 aromatic rings. The Morgan fingerprint density at radius 3 is 2.73 bits per heavy atom. The second-order valence-corrected chi connectivity index (χ2v) is 12.1. The lowest BCUT2D eigenvalue weighted by atomic mass is 9.93. The van der Waals surface area contributed by atoms with Crippen LogP contribution in [0.25, 0.3) is 11.3 Å². The highest BCUT2D eigenvalue weighted by Crippen LogP contribution is 2.38. The molecule has 0 aliphatic carbocycles. The van der Waals surface area contributed by atoms with Crippen LogP contribution in [0.5, 0.6) is 0 Å². The summed E-state index contributed by atoms with van der Waals surface area (Å²) in [4.78, 5) is 17.1. The Labute approximate surface area is 236 Å². The van der Waals surface area contributed by atoms with E-state index >= 15 is 0 Å². The Kier molecular flexibility index (Phi) is 6.28. The summed E-state index contributed by atoms with van der Waals surface area (Å²) < 4.78 is 4.37. The van der Waals surface area contributed by atoms with Crippen molar-refractivity contribution in [3.8, 4) is 0 Å². The van der Waals surface area contributed by atoms with Gasteiger partial charge < -0.3 is 19.3 Å². The van der Waals surface area contributed by atoms with Gasteiger partial charge in [0.25, 0.3) is 0 Å². The molecule has 3 aliphatic rings. The average Bonchev–Trinajstić information content (AvgIpc) is 3.59. The maximum absolute atomic E-state index is 5.25. The zero-order chi connectivity index (χ0) is 27.4. The van der Waals surface area contributed by atoms with Gasteiger partial charge in [-0.05, 0) is 50.2 Å². The van der Waals surface area contributed by atoms with Gasteiger partial charge in [-0.3, -0.25) is 0 Å². The van der Waals surface area contributed by atoms with Crippen LogP contribution in [0.15, 0.2) is 49.3 Å². The van der Waals surface area contributed by atoms with Crippen LogP contribution in [0.3, 0.4) is 0 Å². The number of imidazole rings is 1. The summed E-state index contributed by atoms with van der Waals surface area (Å²) >= 11 is 0. The monoisotopic (exact) mass is 536 g/mol. The number of piperidine rings is 1. The molecule has 1 unspecified atom stereocenters. The van der Waals surface area contributed by atoms with Gasteiger partial charge in [-0.1, -0.05) is 31.2 Å². The summed E-state index contributed by atoms with van der Waals surface area (Å²) in [6.07, 6.45) is 9.33. The third-order valence-electron chi connectivity index (χ3n) is 9.06. The molecule has 3 aromatic heterocycles. The molecule has 0 saturated carbocycles. The largest absolute Gasteiger partial charge is 0.363 e. The van der Waals surface area contributed by atoms with Crippen LogP contribution in [-0.2, 0) is 19.4 Å². The molecule has 2 fully saturated rings. The highest BCUT2D eigenvalue weighted by molar-refractivity contribution is 5.67. The molecule has 0 spiro atoms. The van der Waals surface area contributed by atoms with Crippen molar-refractivity contribution >= 4 is 23.0 Å². The number of hydrogen-bond acceptors (Lipinski definition) is 6. The molecule has 3 aliphatic heterocycles. The van der Waals surface area contributed by atoms with Gasteiger partial charge in [0.05, 0.1) is 11.7 Å². The van der Waals surface area contributed by atoms with E-state index < -0.39 is 0 Å². The Balaban J connectivity index is 1.37. The number of hydrogen-bond donors (Lipinski definition) is 0. The Bertz CT molecular complexity index is 1560. The maximum Gasteiger partial charge on any atom is 0.160 e. The number of anilines is 2. The van der Waals surface area contributed by atoms with E-state index in [9.17, 15) is 0 Å². The number of likely N-dealkylation sites (N-methyl/N-ethyl adjacent to an activating group) is 1. The zero-order valence-electron chi connectivity index (χ0n) is 24.1. The topological polar surface area (TPSA) is 57.7 Å². The molecule has 0 amide bonds. The maximum atomic E-state index is 5.25. The van der Waals surface area contributed by atoms with E-state index in [2.05, 4.69) is 81.2 Å². The van der Waals surface area contributed by atoms with Crippen molar-refractivity contribution in [1.82, 2.24) is 29.0 Å². The highest BCUT2D eigenvalue weighted by atomic mass is 15.4. The molecule has 7 rings (SSSR count). The summed E-state index contributed by atoms with van der Waals surface area (Å²) in [5.41, 5.74) is 6.99. The Morgan fingerprint density at radius 2 is 1.88 bits per heavy atom. The molecule has 0 radical (unpaired) electrons. The lowest BCUT2D eigenvalue weighted by Gasteiger charge is -2.38. The lowest BCUT2D eigenvalue weighted by molar-refractivity contribution is 0.226. The van der Waals surface area contributed by atoms with Crippen molar-refractivity contribution in [2.24, 2.45) is 5.92 Å². The second-order valence-electron chi connectivity index (χ2n) is 12.1. The number of aromatic nitrogens is 5. The van der Waals surface area contributed by atoms with Gasteiger partial charge in [0.2, 0.25) is 0 Å². The fourth-order valence-electron chi connectivity index (χ4n) is 6.73. The van der Waals surface area contributed by atoms with Crippen molar-refractivity contribution < 1.29 is 0 Å². The van der Waals surface area contributed by atoms with Crippen LogP contribution in [-0.4, -0.2) is 62.3 Å². The minimum Gasteiger partial charge on any atom is -0.363 e. The normalized spacial score (nSPS) is 20.4. The average molecular weight is 537 g/mol. The SMILES string of the molecule is C=C1c2cc(C)ccc2CCc2nccn2CCN(C)c2cc(N3CC(C)C3)nc3cc(nn23)C2CCCCN12. The smallest absolute Gasteiger partial charge is 0.160 e. The molecule has 1 atom stereocenters. The fraction of sp³-hybridized carbons (Fsp3) is 0.469. The van der Waals surface area contributed by atoms with Crippen LogP contribution < -0.4 is 9.80 Å². The molecule has 0 N–H and O–H groups in total. The first-order valence-electron chi connectivity index (χ1n) is 14.9. The molecule has 8 heteroatoms. The van der Waals surface area contributed by atoms with Crippen LogP contribution in [0, 0.1) is 12.8 Å². The van der Waals surface area contributed by atoms with E-state index in [0.29, 0.717) is 5.92 Å². The molecule has 1 aromatic carbocycles. The molecule has 8 nitrogen and oxygen atoms in total. The lowest BCUT2D eigenvalue weighted by Crippen LogP contribution is -2.45. The van der Waals surface area contributed by atoms with E-state index in [4.69, 9.17) is 21.6 Å². The highest BCUT2D eigenvalue weighted by Gasteiger charge is 2.31. The Morgan fingerprint density at radius 1 is 1.00 bits per heavy atom. The number of rotatable bonds is 1. The van der Waals surface area contributed by atoms with E-state index in [-0.39, 0.29) is 6.04 Å². The van der Waals surface area contributed by atoms with Gasteiger partial charge in [-0.2, -0.15) is 9.61 Å².